The summed E-state index contributed by atoms with van der Waals surface area (Å²) in [6.07, 6.45) is 1.35. The molecule has 0 saturated heterocycles. The van der Waals surface area contributed by atoms with Crippen LogP contribution in [-0.4, -0.2) is 22.0 Å². The molecule has 0 aliphatic heterocycles. The summed E-state index contributed by atoms with van der Waals surface area (Å²) in [5.74, 6) is 0.776. The third-order valence-corrected chi connectivity index (χ3v) is 3.45. The highest BCUT2D eigenvalue weighted by Gasteiger charge is 2.20. The maximum atomic E-state index is 10.5. The first-order valence-electron chi connectivity index (χ1n) is 6.56. The van der Waals surface area contributed by atoms with E-state index in [1.165, 1.54) is 0 Å². The van der Waals surface area contributed by atoms with Crippen LogP contribution in [0, 0.1) is 0 Å². The second-order valence-electron chi connectivity index (χ2n) is 4.99. The minimum Gasteiger partial charge on any atom is -0.497 e. The van der Waals surface area contributed by atoms with Gasteiger partial charge in [0.15, 0.2) is 0 Å². The van der Waals surface area contributed by atoms with Crippen molar-refractivity contribution in [1.29, 1.82) is 0 Å². The van der Waals surface area contributed by atoms with Gasteiger partial charge in [0.1, 0.15) is 11.9 Å². The van der Waals surface area contributed by atoms with E-state index < -0.39 is 6.10 Å². The van der Waals surface area contributed by atoms with Crippen molar-refractivity contribution in [2.75, 3.05) is 7.11 Å². The zero-order valence-corrected chi connectivity index (χ0v) is 12.6. The van der Waals surface area contributed by atoms with Crippen molar-refractivity contribution in [3.63, 3.8) is 0 Å². The number of nitrogens with zero attached hydrogens (tertiary/aromatic N) is 2. The van der Waals surface area contributed by atoms with E-state index in [2.05, 4.69) is 5.10 Å². The summed E-state index contributed by atoms with van der Waals surface area (Å²) in [6, 6.07) is 7.80. The summed E-state index contributed by atoms with van der Waals surface area (Å²) in [6.45, 7) is 4.01. The van der Waals surface area contributed by atoms with E-state index in [4.69, 9.17) is 16.3 Å². The third kappa shape index (κ3) is 3.14. The van der Waals surface area contributed by atoms with Crippen molar-refractivity contribution in [2.45, 2.75) is 32.4 Å². The summed E-state index contributed by atoms with van der Waals surface area (Å²) in [7, 11) is 1.63. The van der Waals surface area contributed by atoms with Gasteiger partial charge in [0.2, 0.25) is 0 Å². The van der Waals surface area contributed by atoms with E-state index in [1.54, 1.807) is 18.0 Å². The van der Waals surface area contributed by atoms with Crippen LogP contribution in [0.3, 0.4) is 0 Å². The Morgan fingerprint density at radius 3 is 2.80 bits per heavy atom. The SMILES string of the molecule is COc1cccc(CC(O)c2c(Cl)cnn2C(C)C)c1. The van der Waals surface area contributed by atoms with Gasteiger partial charge in [-0.15, -0.1) is 0 Å². The van der Waals surface area contributed by atoms with Gasteiger partial charge in [0.05, 0.1) is 24.0 Å². The molecule has 0 saturated carbocycles. The lowest BCUT2D eigenvalue weighted by Crippen LogP contribution is -2.13. The van der Waals surface area contributed by atoms with Gasteiger partial charge >= 0.3 is 0 Å². The number of ether oxygens (including phenoxy) is 1. The normalized spacial score (nSPS) is 12.7. The topological polar surface area (TPSA) is 47.3 Å². The average Bonchev–Trinajstić information content (AvgIpc) is 2.81. The van der Waals surface area contributed by atoms with Gasteiger partial charge in [-0.1, -0.05) is 23.7 Å². The Balaban J connectivity index is 2.23. The van der Waals surface area contributed by atoms with E-state index in [0.29, 0.717) is 17.1 Å². The first-order valence-corrected chi connectivity index (χ1v) is 6.94. The molecule has 0 bridgehead atoms. The Hall–Kier alpha value is -1.52. The molecule has 0 radical (unpaired) electrons. The molecule has 0 fully saturated rings. The van der Waals surface area contributed by atoms with E-state index in [9.17, 15) is 5.11 Å². The number of methoxy groups -OCH3 is 1. The molecule has 0 aliphatic rings. The molecule has 20 heavy (non-hydrogen) atoms. The molecule has 0 aliphatic carbocycles. The van der Waals surface area contributed by atoms with E-state index in [-0.39, 0.29) is 6.04 Å². The molecule has 1 atom stereocenters. The van der Waals surface area contributed by atoms with Crippen LogP contribution in [0.5, 0.6) is 5.75 Å². The zero-order chi connectivity index (χ0) is 14.7. The fourth-order valence-electron chi connectivity index (χ4n) is 2.19. The monoisotopic (exact) mass is 294 g/mol. The molecule has 108 valence electrons. The molecule has 1 heterocycles. The summed E-state index contributed by atoms with van der Waals surface area (Å²) < 4.78 is 6.94. The Morgan fingerprint density at radius 1 is 1.40 bits per heavy atom. The van der Waals surface area contributed by atoms with Crippen LogP contribution in [0.2, 0.25) is 5.02 Å². The largest absolute Gasteiger partial charge is 0.497 e. The summed E-state index contributed by atoms with van der Waals surface area (Å²) in [5, 5.41) is 15.2. The molecule has 1 aromatic heterocycles. The number of aliphatic hydroxyl groups is 1. The lowest BCUT2D eigenvalue weighted by atomic mass is 10.1. The fraction of sp³-hybridized carbons (Fsp3) is 0.400. The van der Waals surface area contributed by atoms with E-state index >= 15 is 0 Å². The molecule has 1 N–H and O–H groups in total. The first-order chi connectivity index (χ1) is 9.52. The lowest BCUT2D eigenvalue weighted by molar-refractivity contribution is 0.164. The van der Waals surface area contributed by atoms with Crippen molar-refractivity contribution >= 4 is 11.6 Å². The number of rotatable bonds is 5. The number of aliphatic hydroxyl groups excluding tert-OH is 1. The highest BCUT2D eigenvalue weighted by atomic mass is 35.5. The highest BCUT2D eigenvalue weighted by Crippen LogP contribution is 2.28. The Kier molecular flexibility index (Phi) is 4.68. The highest BCUT2D eigenvalue weighted by molar-refractivity contribution is 6.31. The molecule has 1 aromatic carbocycles. The lowest BCUT2D eigenvalue weighted by Gasteiger charge is -2.17. The number of benzene rings is 1. The second kappa shape index (κ2) is 6.29. The standard InChI is InChI=1S/C15H19ClN2O2/c1-10(2)18-15(13(16)9-17-18)14(19)8-11-5-4-6-12(7-11)20-3/h4-7,9-10,14,19H,8H2,1-3H3. The second-order valence-corrected chi connectivity index (χ2v) is 5.39. The van der Waals surface area contributed by atoms with Crippen LogP contribution in [0.25, 0.3) is 0 Å². The van der Waals surface area contributed by atoms with Crippen LogP contribution in [-0.2, 0) is 6.42 Å². The minimum atomic E-state index is -0.695. The first kappa shape index (κ1) is 14.9. The maximum absolute atomic E-state index is 10.5. The zero-order valence-electron chi connectivity index (χ0n) is 11.9. The quantitative estimate of drug-likeness (QED) is 0.919. The molecule has 1 unspecified atom stereocenters. The van der Waals surface area contributed by atoms with E-state index in [0.717, 1.165) is 11.3 Å². The van der Waals surface area contributed by atoms with Crippen molar-refractivity contribution < 1.29 is 9.84 Å². The van der Waals surface area contributed by atoms with Gasteiger partial charge in [-0.2, -0.15) is 5.10 Å². The molecule has 2 rings (SSSR count). The van der Waals surface area contributed by atoms with Gasteiger partial charge in [-0.25, -0.2) is 0 Å². The third-order valence-electron chi connectivity index (χ3n) is 3.15. The minimum absolute atomic E-state index is 0.150. The van der Waals surface area contributed by atoms with Crippen molar-refractivity contribution in [2.24, 2.45) is 0 Å². The summed E-state index contributed by atoms with van der Waals surface area (Å²) in [5.41, 5.74) is 1.65. The van der Waals surface area contributed by atoms with Crippen molar-refractivity contribution in [3.05, 3.63) is 46.7 Å². The van der Waals surface area contributed by atoms with Crippen LogP contribution >= 0.6 is 11.6 Å². The molecule has 0 amide bonds. The molecular weight excluding hydrogens is 276 g/mol. The van der Waals surface area contributed by atoms with Gasteiger partial charge in [-0.05, 0) is 31.5 Å². The average molecular weight is 295 g/mol. The van der Waals surface area contributed by atoms with Crippen LogP contribution in [0.1, 0.15) is 37.3 Å². The Bertz CT molecular complexity index is 581. The van der Waals surface area contributed by atoms with Crippen LogP contribution < -0.4 is 4.74 Å². The molecule has 5 heteroatoms. The maximum Gasteiger partial charge on any atom is 0.119 e. The Morgan fingerprint density at radius 2 is 2.15 bits per heavy atom. The van der Waals surface area contributed by atoms with Crippen LogP contribution in [0.15, 0.2) is 30.5 Å². The molecule has 0 spiro atoms. The Labute approximate surface area is 123 Å². The van der Waals surface area contributed by atoms with Gasteiger partial charge < -0.3 is 9.84 Å². The van der Waals surface area contributed by atoms with Crippen molar-refractivity contribution in [1.82, 2.24) is 9.78 Å². The predicted octanol–water partition coefficient (Wildman–Crippen LogP) is 3.40. The van der Waals surface area contributed by atoms with Crippen molar-refractivity contribution in [3.8, 4) is 5.75 Å². The fourth-order valence-corrected chi connectivity index (χ4v) is 2.45. The smallest absolute Gasteiger partial charge is 0.119 e. The van der Waals surface area contributed by atoms with Gasteiger partial charge in [-0.3, -0.25) is 4.68 Å². The predicted molar refractivity (Wildman–Crippen MR) is 79.3 cm³/mol. The number of halogens is 1. The van der Waals surface area contributed by atoms with Crippen LogP contribution in [0.4, 0.5) is 0 Å². The summed E-state index contributed by atoms with van der Waals surface area (Å²) in [4.78, 5) is 0. The molecule has 2 aromatic rings. The van der Waals surface area contributed by atoms with Gasteiger partial charge in [0, 0.05) is 12.5 Å². The molecular formula is C15H19ClN2O2. The van der Waals surface area contributed by atoms with Gasteiger partial charge in [0.25, 0.3) is 0 Å². The number of hydrogen-bond donors (Lipinski definition) is 1. The summed E-state index contributed by atoms with van der Waals surface area (Å²) >= 11 is 6.14. The number of aromatic nitrogens is 2. The molecule has 4 nitrogen and oxygen atoms in total. The van der Waals surface area contributed by atoms with E-state index in [1.807, 2.05) is 38.1 Å². The number of hydrogen-bond acceptors (Lipinski definition) is 3.